The third kappa shape index (κ3) is 3.24. The van der Waals surface area contributed by atoms with Gasteiger partial charge in [-0.3, -0.25) is 14.6 Å². The van der Waals surface area contributed by atoms with E-state index in [9.17, 15) is 14.4 Å². The molecule has 2 amide bonds. The van der Waals surface area contributed by atoms with E-state index in [1.165, 1.54) is 0 Å². The number of fused-ring (bicyclic) bond motifs is 2. The normalized spacial score (nSPS) is 12.8. The van der Waals surface area contributed by atoms with Gasteiger partial charge < -0.3 is 4.74 Å². The summed E-state index contributed by atoms with van der Waals surface area (Å²) in [6, 6.07) is 22.4. The van der Waals surface area contributed by atoms with Crippen molar-refractivity contribution >= 4 is 34.4 Å². The lowest BCUT2D eigenvalue weighted by Gasteiger charge is -2.14. The summed E-state index contributed by atoms with van der Waals surface area (Å²) in [7, 11) is 0. The lowest BCUT2D eigenvalue weighted by atomic mass is 10.1. The van der Waals surface area contributed by atoms with E-state index in [4.69, 9.17) is 4.74 Å². The van der Waals surface area contributed by atoms with Crippen molar-refractivity contribution in [3.05, 3.63) is 107 Å². The Morgan fingerprint density at radius 1 is 0.806 bits per heavy atom. The average Bonchev–Trinajstić information content (AvgIpc) is 3.07. The number of hydrogen-bond acceptors (Lipinski definition) is 5. The Morgan fingerprint density at radius 2 is 1.48 bits per heavy atom. The van der Waals surface area contributed by atoms with Crippen LogP contribution in [-0.4, -0.2) is 22.8 Å². The standard InChI is InChI=1S/C25H16N2O4/c28-23-20-8-1-2-9-21(20)24(29)27(23)19-12-10-17(11-13-19)25(30)31-15-18-6-3-5-16-7-4-14-26-22(16)18/h1-14H,15H2. The molecule has 0 saturated carbocycles. The number of imide groups is 1. The fourth-order valence-electron chi connectivity index (χ4n) is 3.68. The van der Waals surface area contributed by atoms with Gasteiger partial charge in [0.15, 0.2) is 0 Å². The van der Waals surface area contributed by atoms with Crippen molar-refractivity contribution in [2.45, 2.75) is 6.61 Å². The van der Waals surface area contributed by atoms with Gasteiger partial charge in [0.25, 0.3) is 11.8 Å². The van der Waals surface area contributed by atoms with Gasteiger partial charge in [-0.25, -0.2) is 9.69 Å². The van der Waals surface area contributed by atoms with Crippen LogP contribution in [0.15, 0.2) is 85.1 Å². The highest BCUT2D eigenvalue weighted by molar-refractivity contribution is 6.34. The van der Waals surface area contributed by atoms with Gasteiger partial charge in [-0.05, 0) is 42.5 Å². The topological polar surface area (TPSA) is 76.6 Å². The van der Waals surface area contributed by atoms with Crippen LogP contribution in [0.1, 0.15) is 36.6 Å². The van der Waals surface area contributed by atoms with Crippen LogP contribution in [0.5, 0.6) is 0 Å². The molecule has 6 heteroatoms. The Hall–Kier alpha value is -4.32. The first kappa shape index (κ1) is 18.7. The molecule has 150 valence electrons. The molecular weight excluding hydrogens is 392 g/mol. The van der Waals surface area contributed by atoms with Gasteiger partial charge in [0, 0.05) is 17.1 Å². The number of pyridine rings is 1. The first-order valence-electron chi connectivity index (χ1n) is 9.71. The van der Waals surface area contributed by atoms with Crippen LogP contribution >= 0.6 is 0 Å². The highest BCUT2D eigenvalue weighted by atomic mass is 16.5. The molecule has 2 heterocycles. The van der Waals surface area contributed by atoms with Crippen LogP contribution in [0.2, 0.25) is 0 Å². The Labute approximate surface area is 177 Å². The molecule has 5 rings (SSSR count). The Bertz CT molecular complexity index is 1310. The van der Waals surface area contributed by atoms with E-state index in [0.29, 0.717) is 22.4 Å². The van der Waals surface area contributed by atoms with Crippen molar-refractivity contribution in [1.29, 1.82) is 0 Å². The maximum absolute atomic E-state index is 12.6. The van der Waals surface area contributed by atoms with Crippen molar-refractivity contribution in [3.8, 4) is 0 Å². The van der Waals surface area contributed by atoms with Crippen LogP contribution in [0.25, 0.3) is 10.9 Å². The van der Waals surface area contributed by atoms with Crippen molar-refractivity contribution < 1.29 is 19.1 Å². The van der Waals surface area contributed by atoms with Gasteiger partial charge in [0.05, 0.1) is 27.9 Å². The van der Waals surface area contributed by atoms with Gasteiger partial charge in [-0.1, -0.05) is 36.4 Å². The summed E-state index contributed by atoms with van der Waals surface area (Å²) in [5, 5.41) is 0.973. The zero-order chi connectivity index (χ0) is 21.4. The van der Waals surface area contributed by atoms with Crippen molar-refractivity contribution in [2.24, 2.45) is 0 Å². The number of para-hydroxylation sites is 1. The van der Waals surface area contributed by atoms with E-state index in [1.807, 2.05) is 30.3 Å². The second kappa shape index (κ2) is 7.50. The molecule has 31 heavy (non-hydrogen) atoms. The molecule has 0 fully saturated rings. The summed E-state index contributed by atoms with van der Waals surface area (Å²) in [5.41, 5.74) is 3.08. The van der Waals surface area contributed by atoms with E-state index in [2.05, 4.69) is 4.98 Å². The minimum Gasteiger partial charge on any atom is -0.457 e. The van der Waals surface area contributed by atoms with Crippen LogP contribution in [0.4, 0.5) is 5.69 Å². The van der Waals surface area contributed by atoms with E-state index in [1.54, 1.807) is 54.7 Å². The fourth-order valence-corrected chi connectivity index (χ4v) is 3.68. The number of carbonyl (C=O) groups excluding carboxylic acids is 3. The number of amides is 2. The summed E-state index contributed by atoms with van der Waals surface area (Å²) < 4.78 is 5.45. The number of anilines is 1. The summed E-state index contributed by atoms with van der Waals surface area (Å²) in [6.45, 7) is 0.0906. The third-order valence-corrected chi connectivity index (χ3v) is 5.23. The Kier molecular flexibility index (Phi) is 4.52. The van der Waals surface area contributed by atoms with Gasteiger partial charge in [0.2, 0.25) is 0 Å². The molecule has 1 aromatic heterocycles. The molecule has 6 nitrogen and oxygen atoms in total. The smallest absolute Gasteiger partial charge is 0.338 e. The Morgan fingerprint density at radius 3 is 2.19 bits per heavy atom. The maximum Gasteiger partial charge on any atom is 0.338 e. The first-order chi connectivity index (χ1) is 15.1. The average molecular weight is 408 g/mol. The van der Waals surface area contributed by atoms with E-state index in [-0.39, 0.29) is 18.4 Å². The quantitative estimate of drug-likeness (QED) is 0.370. The van der Waals surface area contributed by atoms with Crippen LogP contribution in [0.3, 0.4) is 0 Å². The number of esters is 1. The molecule has 3 aromatic carbocycles. The zero-order valence-corrected chi connectivity index (χ0v) is 16.3. The number of benzene rings is 3. The van der Waals surface area contributed by atoms with E-state index in [0.717, 1.165) is 21.4 Å². The first-order valence-corrected chi connectivity index (χ1v) is 9.71. The molecule has 0 atom stereocenters. The van der Waals surface area contributed by atoms with Crippen LogP contribution < -0.4 is 4.90 Å². The van der Waals surface area contributed by atoms with Gasteiger partial charge in [-0.2, -0.15) is 0 Å². The van der Waals surface area contributed by atoms with Crippen molar-refractivity contribution in [1.82, 2.24) is 4.98 Å². The largest absolute Gasteiger partial charge is 0.457 e. The van der Waals surface area contributed by atoms with Gasteiger partial charge in [-0.15, -0.1) is 0 Å². The predicted molar refractivity (Wildman–Crippen MR) is 115 cm³/mol. The number of hydrogen-bond donors (Lipinski definition) is 0. The molecule has 0 bridgehead atoms. The molecule has 0 aliphatic carbocycles. The van der Waals surface area contributed by atoms with Gasteiger partial charge in [0.1, 0.15) is 6.61 Å². The number of aromatic nitrogens is 1. The van der Waals surface area contributed by atoms with Crippen LogP contribution in [0, 0.1) is 0 Å². The van der Waals surface area contributed by atoms with E-state index < -0.39 is 5.97 Å². The molecule has 4 aromatic rings. The second-order valence-corrected chi connectivity index (χ2v) is 7.11. The van der Waals surface area contributed by atoms with E-state index >= 15 is 0 Å². The Balaban J connectivity index is 1.32. The lowest BCUT2D eigenvalue weighted by Crippen LogP contribution is -2.29. The molecule has 1 aliphatic rings. The highest BCUT2D eigenvalue weighted by Gasteiger charge is 2.36. The third-order valence-electron chi connectivity index (χ3n) is 5.23. The molecule has 0 spiro atoms. The second-order valence-electron chi connectivity index (χ2n) is 7.11. The molecule has 0 saturated heterocycles. The number of nitrogens with zero attached hydrogens (tertiary/aromatic N) is 2. The zero-order valence-electron chi connectivity index (χ0n) is 16.3. The summed E-state index contributed by atoms with van der Waals surface area (Å²) in [4.78, 5) is 43.2. The fraction of sp³-hybridized carbons (Fsp3) is 0.0400. The summed E-state index contributed by atoms with van der Waals surface area (Å²) >= 11 is 0. The summed E-state index contributed by atoms with van der Waals surface area (Å²) in [5.74, 6) is -1.25. The van der Waals surface area contributed by atoms with Crippen LogP contribution in [-0.2, 0) is 11.3 Å². The highest BCUT2D eigenvalue weighted by Crippen LogP contribution is 2.28. The van der Waals surface area contributed by atoms with Crippen molar-refractivity contribution in [2.75, 3.05) is 4.90 Å². The molecule has 0 N–H and O–H groups in total. The maximum atomic E-state index is 12.6. The molecular formula is C25H16N2O4. The summed E-state index contributed by atoms with van der Waals surface area (Å²) in [6.07, 6.45) is 1.70. The minimum atomic E-state index is -0.498. The number of ether oxygens (including phenoxy) is 1. The molecule has 0 radical (unpaired) electrons. The monoisotopic (exact) mass is 408 g/mol. The minimum absolute atomic E-state index is 0.0906. The lowest BCUT2D eigenvalue weighted by molar-refractivity contribution is 0.0474. The number of rotatable bonds is 4. The molecule has 1 aliphatic heterocycles. The predicted octanol–water partition coefficient (Wildman–Crippen LogP) is 4.39. The molecule has 0 unspecified atom stereocenters. The van der Waals surface area contributed by atoms with Gasteiger partial charge >= 0.3 is 5.97 Å². The van der Waals surface area contributed by atoms with Crippen molar-refractivity contribution in [3.63, 3.8) is 0 Å². The SMILES string of the molecule is O=C(OCc1cccc2cccnc12)c1ccc(N2C(=O)c3ccccc3C2=O)cc1. The number of carbonyl (C=O) groups is 3.